The van der Waals surface area contributed by atoms with Gasteiger partial charge in [-0.15, -0.1) is 0 Å². The Bertz CT molecular complexity index is 421. The van der Waals surface area contributed by atoms with Crippen molar-refractivity contribution in [3.63, 3.8) is 0 Å². The van der Waals surface area contributed by atoms with Crippen molar-refractivity contribution in [1.82, 2.24) is 10.3 Å². The summed E-state index contributed by atoms with van der Waals surface area (Å²) in [5, 5.41) is 5.45. The predicted octanol–water partition coefficient (Wildman–Crippen LogP) is 2.14. The number of halogens is 1. The number of ether oxygens (including phenoxy) is 1. The minimum atomic E-state index is -0.271. The van der Waals surface area contributed by atoms with Crippen LogP contribution in [0.1, 0.15) is 12.8 Å². The molecule has 5 nitrogen and oxygen atoms in total. The zero-order valence-corrected chi connectivity index (χ0v) is 11.1. The highest BCUT2D eigenvalue weighted by Crippen LogP contribution is 2.43. The van der Waals surface area contributed by atoms with Gasteiger partial charge in [-0.3, -0.25) is 5.32 Å². The smallest absolute Gasteiger partial charge is 0.320 e. The van der Waals surface area contributed by atoms with Crippen LogP contribution in [0.2, 0.25) is 0 Å². The van der Waals surface area contributed by atoms with Crippen molar-refractivity contribution >= 4 is 27.8 Å². The van der Waals surface area contributed by atoms with Gasteiger partial charge in [-0.05, 0) is 25.0 Å². The summed E-state index contributed by atoms with van der Waals surface area (Å²) in [7, 11) is 1.54. The summed E-state index contributed by atoms with van der Waals surface area (Å²) >= 11 is 3.55. The van der Waals surface area contributed by atoms with Crippen LogP contribution in [0.15, 0.2) is 18.3 Å². The lowest BCUT2D eigenvalue weighted by Gasteiger charge is -2.11. The molecular weight excluding hydrogens is 286 g/mol. The first kappa shape index (κ1) is 12.2. The normalized spacial score (nSPS) is 16.1. The first-order valence-corrected chi connectivity index (χ1v) is 6.15. The van der Waals surface area contributed by atoms with E-state index in [2.05, 4.69) is 31.5 Å². The van der Waals surface area contributed by atoms with Gasteiger partial charge in [-0.1, -0.05) is 15.9 Å². The van der Waals surface area contributed by atoms with Crippen LogP contribution in [0.5, 0.6) is 5.75 Å². The number of hydrogen-bond acceptors (Lipinski definition) is 3. The van der Waals surface area contributed by atoms with Gasteiger partial charge in [0.1, 0.15) is 0 Å². The van der Waals surface area contributed by atoms with E-state index in [1.807, 2.05) is 0 Å². The zero-order valence-electron chi connectivity index (χ0n) is 9.50. The molecule has 0 radical (unpaired) electrons. The second kappa shape index (κ2) is 4.91. The second-order valence-electron chi connectivity index (χ2n) is 4.01. The molecule has 0 bridgehead atoms. The van der Waals surface area contributed by atoms with Gasteiger partial charge in [-0.25, -0.2) is 9.78 Å². The fourth-order valence-corrected chi connectivity index (χ4v) is 1.69. The van der Waals surface area contributed by atoms with Crippen LogP contribution in [0.3, 0.4) is 0 Å². The molecule has 0 aromatic carbocycles. The molecule has 1 aliphatic rings. The fourth-order valence-electron chi connectivity index (χ4n) is 1.35. The van der Waals surface area contributed by atoms with Gasteiger partial charge >= 0.3 is 6.03 Å². The average Bonchev–Trinajstić information content (AvgIpc) is 3.06. The number of hydrogen-bond donors (Lipinski definition) is 2. The van der Waals surface area contributed by atoms with Crippen LogP contribution in [-0.2, 0) is 0 Å². The fraction of sp³-hybridized carbons (Fsp3) is 0.455. The minimum absolute atomic E-state index is 0.110. The average molecular weight is 300 g/mol. The summed E-state index contributed by atoms with van der Waals surface area (Å²) in [6.45, 7) is 0.619. The number of urea groups is 1. The molecule has 1 fully saturated rings. The number of pyridine rings is 1. The van der Waals surface area contributed by atoms with Crippen LogP contribution in [0.4, 0.5) is 10.6 Å². The van der Waals surface area contributed by atoms with E-state index in [0.29, 0.717) is 18.1 Å². The van der Waals surface area contributed by atoms with E-state index in [1.165, 1.54) is 7.11 Å². The zero-order chi connectivity index (χ0) is 12.3. The third-order valence-corrected chi connectivity index (χ3v) is 3.65. The first-order chi connectivity index (χ1) is 8.13. The van der Waals surface area contributed by atoms with E-state index in [1.54, 1.807) is 18.3 Å². The Morgan fingerprint density at radius 1 is 1.65 bits per heavy atom. The Balaban J connectivity index is 1.88. The van der Waals surface area contributed by atoms with E-state index in [9.17, 15) is 4.79 Å². The first-order valence-electron chi connectivity index (χ1n) is 5.36. The molecule has 0 aliphatic heterocycles. The van der Waals surface area contributed by atoms with E-state index in [0.717, 1.165) is 12.8 Å². The summed E-state index contributed by atoms with van der Waals surface area (Å²) in [5.74, 6) is 0.967. The van der Waals surface area contributed by atoms with Crippen molar-refractivity contribution in [2.45, 2.75) is 17.2 Å². The van der Waals surface area contributed by atoms with Gasteiger partial charge in [0.15, 0.2) is 11.6 Å². The van der Waals surface area contributed by atoms with Gasteiger partial charge in [0.2, 0.25) is 0 Å². The lowest BCUT2D eigenvalue weighted by molar-refractivity contribution is 0.252. The number of alkyl halides is 1. The molecule has 2 amide bonds. The van der Waals surface area contributed by atoms with Gasteiger partial charge in [0.05, 0.1) is 7.11 Å². The maximum absolute atomic E-state index is 11.6. The van der Waals surface area contributed by atoms with Gasteiger partial charge in [0.25, 0.3) is 0 Å². The van der Waals surface area contributed by atoms with E-state index in [4.69, 9.17) is 4.74 Å². The molecule has 2 rings (SSSR count). The quantitative estimate of drug-likeness (QED) is 0.837. The number of carbonyl (C=O) groups is 1. The number of aromatic nitrogens is 1. The van der Waals surface area contributed by atoms with Gasteiger partial charge in [-0.2, -0.15) is 0 Å². The molecule has 0 atom stereocenters. The topological polar surface area (TPSA) is 63.2 Å². The SMILES string of the molecule is COc1cccnc1NC(=O)NCC1(Br)CC1. The maximum atomic E-state index is 11.6. The highest BCUT2D eigenvalue weighted by molar-refractivity contribution is 9.10. The molecule has 1 heterocycles. The van der Waals surface area contributed by atoms with Crippen molar-refractivity contribution in [2.24, 2.45) is 0 Å². The standard InChI is InChI=1S/C11H14BrN3O2/c1-17-8-3-2-6-13-9(8)15-10(16)14-7-11(12)4-5-11/h2-3,6H,4-5,7H2,1H3,(H2,13,14,15,16). The second-order valence-corrected chi connectivity index (χ2v) is 5.70. The van der Waals surface area contributed by atoms with Crippen LogP contribution in [-0.4, -0.2) is 29.0 Å². The Hall–Kier alpha value is -1.30. The maximum Gasteiger partial charge on any atom is 0.320 e. The summed E-state index contributed by atoms with van der Waals surface area (Å²) in [6, 6.07) is 3.22. The van der Waals surface area contributed by atoms with Gasteiger partial charge in [0, 0.05) is 17.1 Å². The molecule has 0 spiro atoms. The third-order valence-electron chi connectivity index (χ3n) is 2.58. The Morgan fingerprint density at radius 2 is 2.41 bits per heavy atom. The molecule has 1 saturated carbocycles. The Labute approximate surface area is 108 Å². The van der Waals surface area contributed by atoms with Crippen LogP contribution >= 0.6 is 15.9 Å². The molecule has 1 aromatic rings. The molecular formula is C11H14BrN3O2. The summed E-state index contributed by atoms with van der Waals surface area (Å²) in [6.07, 6.45) is 3.80. The minimum Gasteiger partial charge on any atom is -0.493 e. The number of nitrogens with zero attached hydrogens (tertiary/aromatic N) is 1. The van der Waals surface area contributed by atoms with Crippen molar-refractivity contribution in [3.8, 4) is 5.75 Å². The van der Waals surface area contributed by atoms with Gasteiger partial charge < -0.3 is 10.1 Å². The molecule has 17 heavy (non-hydrogen) atoms. The van der Waals surface area contributed by atoms with E-state index in [-0.39, 0.29) is 10.4 Å². The number of carbonyl (C=O) groups excluding carboxylic acids is 1. The number of rotatable bonds is 4. The number of anilines is 1. The summed E-state index contributed by atoms with van der Waals surface area (Å²) in [5.41, 5.74) is 0. The lowest BCUT2D eigenvalue weighted by Crippen LogP contribution is -2.34. The monoisotopic (exact) mass is 299 g/mol. The highest BCUT2D eigenvalue weighted by atomic mass is 79.9. The number of nitrogens with one attached hydrogen (secondary N) is 2. The number of amides is 2. The summed E-state index contributed by atoms with van der Waals surface area (Å²) in [4.78, 5) is 15.7. The molecule has 2 N–H and O–H groups in total. The van der Waals surface area contributed by atoms with Crippen LogP contribution in [0, 0.1) is 0 Å². The molecule has 1 aliphatic carbocycles. The van der Waals surface area contributed by atoms with Crippen molar-refractivity contribution in [2.75, 3.05) is 19.0 Å². The Morgan fingerprint density at radius 3 is 3.06 bits per heavy atom. The highest BCUT2D eigenvalue weighted by Gasteiger charge is 2.39. The lowest BCUT2D eigenvalue weighted by atomic mass is 10.4. The van der Waals surface area contributed by atoms with Crippen molar-refractivity contribution < 1.29 is 9.53 Å². The number of methoxy groups -OCH3 is 1. The Kier molecular flexibility index (Phi) is 3.51. The van der Waals surface area contributed by atoms with E-state index >= 15 is 0 Å². The summed E-state index contributed by atoms with van der Waals surface area (Å²) < 4.78 is 5.20. The molecule has 1 aromatic heterocycles. The van der Waals surface area contributed by atoms with Crippen LogP contribution in [0.25, 0.3) is 0 Å². The van der Waals surface area contributed by atoms with Crippen LogP contribution < -0.4 is 15.4 Å². The molecule has 6 heteroatoms. The predicted molar refractivity (Wildman–Crippen MR) is 68.7 cm³/mol. The van der Waals surface area contributed by atoms with Crippen molar-refractivity contribution in [3.05, 3.63) is 18.3 Å². The molecule has 0 saturated heterocycles. The largest absolute Gasteiger partial charge is 0.493 e. The third kappa shape index (κ3) is 3.33. The molecule has 0 unspecified atom stereocenters. The van der Waals surface area contributed by atoms with E-state index < -0.39 is 0 Å². The van der Waals surface area contributed by atoms with Crippen molar-refractivity contribution in [1.29, 1.82) is 0 Å². The molecule has 92 valence electrons.